The Hall–Kier alpha value is -2.74. The quantitative estimate of drug-likeness (QED) is 0.473. The van der Waals surface area contributed by atoms with E-state index in [1.54, 1.807) is 12.1 Å². The molecule has 8 heteroatoms. The topological polar surface area (TPSA) is 95.6 Å². The van der Waals surface area contributed by atoms with Crippen molar-refractivity contribution < 1.29 is 14.6 Å². The summed E-state index contributed by atoms with van der Waals surface area (Å²) in [5.41, 5.74) is 3.73. The Kier molecular flexibility index (Phi) is 5.81. The molecule has 0 saturated heterocycles. The minimum absolute atomic E-state index is 0.00169. The summed E-state index contributed by atoms with van der Waals surface area (Å²) in [5.74, 6) is 0.00169. The van der Waals surface area contributed by atoms with E-state index in [1.807, 2.05) is 24.3 Å². The second-order valence-electron chi connectivity index (χ2n) is 4.28. The van der Waals surface area contributed by atoms with Crippen molar-refractivity contribution in [3.05, 3.63) is 52.5 Å². The smallest absolute Gasteiger partial charge is 0.427 e. The zero-order valence-corrected chi connectivity index (χ0v) is 13.7. The van der Waals surface area contributed by atoms with Crippen LogP contribution < -0.4 is 5.43 Å². The van der Waals surface area contributed by atoms with Gasteiger partial charge in [-0.3, -0.25) is 0 Å². The number of aromatic hydroxyl groups is 1. The van der Waals surface area contributed by atoms with Crippen LogP contribution in [0.3, 0.4) is 0 Å². The fourth-order valence-corrected chi connectivity index (χ4v) is 1.95. The summed E-state index contributed by atoms with van der Waals surface area (Å²) in [6.45, 7) is 0. The van der Waals surface area contributed by atoms with Gasteiger partial charge in [0, 0.05) is 10.0 Å². The molecule has 0 heterocycles. The van der Waals surface area contributed by atoms with Crippen LogP contribution in [0.2, 0.25) is 0 Å². The second-order valence-corrected chi connectivity index (χ2v) is 5.20. The van der Waals surface area contributed by atoms with Gasteiger partial charge in [0.1, 0.15) is 5.75 Å². The summed E-state index contributed by atoms with van der Waals surface area (Å²) < 4.78 is 5.28. The molecule has 2 N–H and O–H groups in total. The van der Waals surface area contributed by atoms with Gasteiger partial charge in [-0.15, -0.1) is 0 Å². The molecule has 0 spiro atoms. The van der Waals surface area contributed by atoms with Crippen LogP contribution in [0.4, 0.5) is 16.2 Å². The van der Waals surface area contributed by atoms with Crippen LogP contribution in [0.1, 0.15) is 5.56 Å². The van der Waals surface area contributed by atoms with Gasteiger partial charge in [0.25, 0.3) is 0 Å². The molecular formula is C15H13BrN4O3. The van der Waals surface area contributed by atoms with Gasteiger partial charge in [0.2, 0.25) is 0 Å². The lowest BCUT2D eigenvalue weighted by molar-refractivity contribution is 0.171. The first-order valence-corrected chi connectivity index (χ1v) is 7.25. The number of hydrazone groups is 1. The normalized spacial score (nSPS) is 11.0. The van der Waals surface area contributed by atoms with Crippen molar-refractivity contribution in [1.29, 1.82) is 0 Å². The minimum Gasteiger partial charge on any atom is -0.507 e. The standard InChI is InChI=1S/C15H13BrN4O3/c1-23-15(22)20-17-9-10-7-13(5-6-14(10)21)19-18-12-4-2-3-11(16)8-12/h2-9,21H,1H3,(H,20,22)/b17-9-,19-18?. The van der Waals surface area contributed by atoms with Gasteiger partial charge < -0.3 is 9.84 Å². The molecule has 0 aliphatic carbocycles. The summed E-state index contributed by atoms with van der Waals surface area (Å²) in [6.07, 6.45) is 0.580. The molecule has 0 atom stereocenters. The van der Waals surface area contributed by atoms with E-state index in [0.717, 1.165) is 4.47 Å². The Labute approximate surface area is 140 Å². The van der Waals surface area contributed by atoms with Crippen LogP contribution in [0, 0.1) is 0 Å². The average molecular weight is 377 g/mol. The lowest BCUT2D eigenvalue weighted by Gasteiger charge is -2.00. The van der Waals surface area contributed by atoms with Gasteiger partial charge in [0.15, 0.2) is 0 Å². The number of hydrogen-bond acceptors (Lipinski definition) is 6. The Morgan fingerprint density at radius 3 is 2.65 bits per heavy atom. The molecule has 0 radical (unpaired) electrons. The van der Waals surface area contributed by atoms with E-state index < -0.39 is 6.09 Å². The molecule has 0 bridgehead atoms. The van der Waals surface area contributed by atoms with Crippen molar-refractivity contribution in [1.82, 2.24) is 5.43 Å². The third-order valence-electron chi connectivity index (χ3n) is 2.65. The molecule has 2 aromatic carbocycles. The van der Waals surface area contributed by atoms with Crippen LogP contribution in [0.15, 0.2) is 62.3 Å². The molecule has 1 amide bonds. The molecule has 0 aliphatic rings. The van der Waals surface area contributed by atoms with Gasteiger partial charge in [0.05, 0.1) is 24.7 Å². The summed E-state index contributed by atoms with van der Waals surface area (Å²) in [7, 11) is 1.23. The maximum Gasteiger partial charge on any atom is 0.427 e. The molecule has 2 aromatic rings. The van der Waals surface area contributed by atoms with Gasteiger partial charge in [-0.2, -0.15) is 15.3 Å². The maximum absolute atomic E-state index is 10.9. The first-order chi connectivity index (χ1) is 11.1. The van der Waals surface area contributed by atoms with Gasteiger partial charge in [-0.1, -0.05) is 22.0 Å². The summed E-state index contributed by atoms with van der Waals surface area (Å²) in [6, 6.07) is 12.0. The van der Waals surface area contributed by atoms with Gasteiger partial charge in [-0.05, 0) is 36.4 Å². The number of phenolic OH excluding ortho intramolecular Hbond substituents is 1. The molecule has 23 heavy (non-hydrogen) atoms. The third-order valence-corrected chi connectivity index (χ3v) is 3.14. The highest BCUT2D eigenvalue weighted by Gasteiger charge is 2.01. The second kappa shape index (κ2) is 8.04. The van der Waals surface area contributed by atoms with E-state index in [0.29, 0.717) is 16.9 Å². The molecule has 118 valence electrons. The monoisotopic (exact) mass is 376 g/mol. The van der Waals surface area contributed by atoms with Crippen molar-refractivity contribution >= 4 is 39.6 Å². The van der Waals surface area contributed by atoms with E-state index >= 15 is 0 Å². The number of carbonyl (C=O) groups is 1. The Bertz CT molecular complexity index is 762. The molecule has 0 aromatic heterocycles. The number of ether oxygens (including phenoxy) is 1. The molecule has 0 fully saturated rings. The fraction of sp³-hybridized carbons (Fsp3) is 0.0667. The van der Waals surface area contributed by atoms with Gasteiger partial charge >= 0.3 is 6.09 Å². The molecular weight excluding hydrogens is 364 g/mol. The SMILES string of the molecule is COC(=O)N/N=C\c1cc(N=Nc2cccc(Br)c2)ccc1O. The van der Waals surface area contributed by atoms with Gasteiger partial charge in [-0.25, -0.2) is 10.2 Å². The number of benzene rings is 2. The summed E-state index contributed by atoms with van der Waals surface area (Å²) in [4.78, 5) is 10.9. The number of nitrogens with one attached hydrogen (secondary N) is 1. The van der Waals surface area contributed by atoms with Crippen molar-refractivity contribution in [2.45, 2.75) is 0 Å². The Balaban J connectivity index is 2.15. The van der Waals surface area contributed by atoms with Crippen molar-refractivity contribution in [3.63, 3.8) is 0 Å². The van der Waals surface area contributed by atoms with Crippen LogP contribution in [-0.4, -0.2) is 24.5 Å². The zero-order valence-electron chi connectivity index (χ0n) is 12.1. The number of rotatable bonds is 4. The average Bonchev–Trinajstić information content (AvgIpc) is 2.55. The highest BCUT2D eigenvalue weighted by Crippen LogP contribution is 2.25. The highest BCUT2D eigenvalue weighted by molar-refractivity contribution is 9.10. The lowest BCUT2D eigenvalue weighted by atomic mass is 10.2. The summed E-state index contributed by atoms with van der Waals surface area (Å²) >= 11 is 3.36. The highest BCUT2D eigenvalue weighted by atomic mass is 79.9. The third kappa shape index (κ3) is 5.19. The minimum atomic E-state index is -0.703. The fourth-order valence-electron chi connectivity index (χ4n) is 1.56. The zero-order chi connectivity index (χ0) is 16.7. The van der Waals surface area contributed by atoms with Crippen LogP contribution in [-0.2, 0) is 4.74 Å². The lowest BCUT2D eigenvalue weighted by Crippen LogP contribution is -2.16. The Morgan fingerprint density at radius 1 is 1.22 bits per heavy atom. The first-order valence-electron chi connectivity index (χ1n) is 6.46. The van der Waals surface area contributed by atoms with Crippen molar-refractivity contribution in [2.24, 2.45) is 15.3 Å². The molecule has 0 unspecified atom stereocenters. The van der Waals surface area contributed by atoms with Crippen LogP contribution in [0.5, 0.6) is 5.75 Å². The van der Waals surface area contributed by atoms with Crippen molar-refractivity contribution in [3.8, 4) is 5.75 Å². The molecule has 0 saturated carbocycles. The number of phenols is 1. The Morgan fingerprint density at radius 2 is 1.96 bits per heavy atom. The number of carbonyl (C=O) groups excluding carboxylic acids is 1. The largest absolute Gasteiger partial charge is 0.507 e. The number of methoxy groups -OCH3 is 1. The van der Waals surface area contributed by atoms with Crippen LogP contribution in [0.25, 0.3) is 0 Å². The van der Waals surface area contributed by atoms with E-state index in [1.165, 1.54) is 19.4 Å². The number of azo groups is 1. The maximum atomic E-state index is 10.9. The number of amides is 1. The summed E-state index contributed by atoms with van der Waals surface area (Å²) in [5, 5.41) is 21.6. The van der Waals surface area contributed by atoms with E-state index in [9.17, 15) is 9.90 Å². The molecule has 2 rings (SSSR count). The van der Waals surface area contributed by atoms with E-state index in [2.05, 4.69) is 41.4 Å². The molecule has 0 aliphatic heterocycles. The first kappa shape index (κ1) is 16.6. The van der Waals surface area contributed by atoms with E-state index in [-0.39, 0.29) is 5.75 Å². The van der Waals surface area contributed by atoms with E-state index in [4.69, 9.17) is 0 Å². The van der Waals surface area contributed by atoms with Crippen molar-refractivity contribution in [2.75, 3.05) is 7.11 Å². The number of hydrogen-bond donors (Lipinski definition) is 2. The predicted molar refractivity (Wildman–Crippen MR) is 89.6 cm³/mol. The van der Waals surface area contributed by atoms with Crippen LogP contribution >= 0.6 is 15.9 Å². The number of nitrogens with zero attached hydrogens (tertiary/aromatic N) is 3. The predicted octanol–water partition coefficient (Wildman–Crippen LogP) is 4.26. The number of halogens is 1. The molecule has 7 nitrogen and oxygen atoms in total.